The van der Waals surface area contributed by atoms with Crippen molar-refractivity contribution in [3.05, 3.63) is 82.0 Å². The Labute approximate surface area is 178 Å². The van der Waals surface area contributed by atoms with Crippen LogP contribution in [0.2, 0.25) is 5.02 Å². The van der Waals surface area contributed by atoms with Crippen molar-refractivity contribution in [1.82, 2.24) is 14.8 Å². The zero-order chi connectivity index (χ0) is 19.8. The second-order valence-corrected chi connectivity index (χ2v) is 8.57. The molecule has 5 nitrogen and oxygen atoms in total. The number of Topliss-reactive ketones (excluding diaryl/α,β-unsaturated/α-hetero) is 1. The van der Waals surface area contributed by atoms with Crippen LogP contribution >= 0.6 is 23.4 Å². The van der Waals surface area contributed by atoms with Crippen molar-refractivity contribution in [3.8, 4) is 0 Å². The maximum absolute atomic E-state index is 12.8. The molecule has 7 heteroatoms. The first-order valence-electron chi connectivity index (χ1n) is 9.61. The van der Waals surface area contributed by atoms with Gasteiger partial charge in [-0.15, -0.1) is 5.10 Å². The van der Waals surface area contributed by atoms with E-state index in [1.807, 2.05) is 47.1 Å². The number of ketones is 1. The molecule has 3 aromatic rings. The van der Waals surface area contributed by atoms with Gasteiger partial charge in [0.1, 0.15) is 6.04 Å². The van der Waals surface area contributed by atoms with E-state index in [-0.39, 0.29) is 11.8 Å². The highest BCUT2D eigenvalue weighted by molar-refractivity contribution is 7.98. The molecule has 29 heavy (non-hydrogen) atoms. The van der Waals surface area contributed by atoms with E-state index in [1.54, 1.807) is 11.8 Å². The van der Waals surface area contributed by atoms with Crippen LogP contribution in [0.3, 0.4) is 0 Å². The molecular weight excluding hydrogens is 404 g/mol. The highest BCUT2D eigenvalue weighted by Gasteiger charge is 2.36. The van der Waals surface area contributed by atoms with Crippen LogP contribution in [0.5, 0.6) is 0 Å². The van der Waals surface area contributed by atoms with Gasteiger partial charge >= 0.3 is 0 Å². The molecule has 0 unspecified atom stereocenters. The molecule has 0 bridgehead atoms. The van der Waals surface area contributed by atoms with Gasteiger partial charge in [0.05, 0.1) is 0 Å². The summed E-state index contributed by atoms with van der Waals surface area (Å²) in [5.74, 6) is 1.64. The van der Waals surface area contributed by atoms with E-state index in [0.717, 1.165) is 35.4 Å². The summed E-state index contributed by atoms with van der Waals surface area (Å²) >= 11 is 7.85. The quantitative estimate of drug-likeness (QED) is 0.582. The highest BCUT2D eigenvalue weighted by Crippen LogP contribution is 2.41. The van der Waals surface area contributed by atoms with Gasteiger partial charge in [-0.05, 0) is 36.1 Å². The second kappa shape index (κ2) is 7.69. The Kier molecular flexibility index (Phi) is 4.89. The first-order valence-corrected chi connectivity index (χ1v) is 11.0. The molecule has 146 valence electrons. The minimum Gasteiger partial charge on any atom is -0.328 e. The van der Waals surface area contributed by atoms with Crippen LogP contribution in [0.1, 0.15) is 36.4 Å². The maximum Gasteiger partial charge on any atom is 0.227 e. The average Bonchev–Trinajstić information content (AvgIpc) is 3.14. The first kappa shape index (κ1) is 18.5. The van der Waals surface area contributed by atoms with Gasteiger partial charge in [-0.25, -0.2) is 4.68 Å². The predicted molar refractivity (Wildman–Crippen MR) is 115 cm³/mol. The van der Waals surface area contributed by atoms with Crippen molar-refractivity contribution < 1.29 is 4.79 Å². The van der Waals surface area contributed by atoms with Crippen LogP contribution < -0.4 is 5.32 Å². The van der Waals surface area contributed by atoms with Crippen molar-refractivity contribution in [1.29, 1.82) is 0 Å². The number of thioether (sulfide) groups is 1. The molecule has 1 aliphatic heterocycles. The van der Waals surface area contributed by atoms with E-state index >= 15 is 0 Å². The van der Waals surface area contributed by atoms with E-state index in [9.17, 15) is 4.79 Å². The fraction of sp³-hybridized carbons (Fsp3) is 0.227. The minimum atomic E-state index is -0.300. The van der Waals surface area contributed by atoms with Crippen LogP contribution in [-0.2, 0) is 10.5 Å². The van der Waals surface area contributed by atoms with Gasteiger partial charge in [0, 0.05) is 28.5 Å². The zero-order valence-electron chi connectivity index (χ0n) is 15.6. The second-order valence-electron chi connectivity index (χ2n) is 7.19. The summed E-state index contributed by atoms with van der Waals surface area (Å²) in [6, 6.07) is 17.6. The summed E-state index contributed by atoms with van der Waals surface area (Å²) < 4.78 is 1.83. The Morgan fingerprint density at radius 3 is 2.83 bits per heavy atom. The third kappa shape index (κ3) is 3.58. The van der Waals surface area contributed by atoms with Crippen molar-refractivity contribution in [3.63, 3.8) is 0 Å². The van der Waals surface area contributed by atoms with E-state index in [2.05, 4.69) is 17.4 Å². The number of aromatic nitrogens is 3. The molecule has 1 atom stereocenters. The summed E-state index contributed by atoms with van der Waals surface area (Å²) in [6.45, 7) is 0. The highest BCUT2D eigenvalue weighted by atomic mass is 35.5. The summed E-state index contributed by atoms with van der Waals surface area (Å²) in [4.78, 5) is 17.5. The molecule has 0 radical (unpaired) electrons. The number of fused-ring (bicyclic) bond motifs is 1. The van der Waals surface area contributed by atoms with Gasteiger partial charge in [-0.1, -0.05) is 65.8 Å². The molecule has 0 amide bonds. The summed E-state index contributed by atoms with van der Waals surface area (Å²) in [5, 5.41) is 9.46. The molecule has 2 heterocycles. The van der Waals surface area contributed by atoms with Crippen molar-refractivity contribution in [2.24, 2.45) is 0 Å². The molecule has 0 saturated carbocycles. The van der Waals surface area contributed by atoms with Crippen LogP contribution in [0.4, 0.5) is 5.95 Å². The molecule has 0 saturated heterocycles. The van der Waals surface area contributed by atoms with Crippen molar-refractivity contribution >= 4 is 35.1 Å². The van der Waals surface area contributed by atoms with Gasteiger partial charge in [0.2, 0.25) is 11.1 Å². The fourth-order valence-corrected chi connectivity index (χ4v) is 4.89. The summed E-state index contributed by atoms with van der Waals surface area (Å²) in [5.41, 5.74) is 3.92. The number of halogens is 1. The van der Waals surface area contributed by atoms with Crippen LogP contribution in [0.25, 0.3) is 0 Å². The Bertz CT molecular complexity index is 1110. The third-order valence-electron chi connectivity index (χ3n) is 5.22. The van der Waals surface area contributed by atoms with Crippen LogP contribution in [-0.4, -0.2) is 20.5 Å². The lowest BCUT2D eigenvalue weighted by atomic mass is 9.85. The molecule has 2 aliphatic rings. The fourth-order valence-electron chi connectivity index (χ4n) is 3.90. The Morgan fingerprint density at radius 2 is 2.00 bits per heavy atom. The number of nitrogens with zero attached hydrogens (tertiary/aromatic N) is 3. The number of carbonyl (C=O) groups excluding carboxylic acids is 1. The Balaban J connectivity index is 1.53. The standard InChI is InChI=1S/C22H19ClN4OS/c23-16-9-4-8-15(12-16)20-19-17(10-5-11-18(19)28)24-21-25-22(26-27(20)21)29-13-14-6-2-1-3-7-14/h1-4,6-9,12,20H,5,10-11,13H2,(H,24,25,26)/t20-/m0/s1. The van der Waals surface area contributed by atoms with Gasteiger partial charge in [0.15, 0.2) is 5.78 Å². The van der Waals surface area contributed by atoms with Gasteiger partial charge in [-0.2, -0.15) is 4.98 Å². The molecule has 0 fully saturated rings. The largest absolute Gasteiger partial charge is 0.328 e. The third-order valence-corrected chi connectivity index (χ3v) is 6.37. The normalized spacial score (nSPS) is 18.2. The molecular formula is C22H19ClN4OS. The summed E-state index contributed by atoms with van der Waals surface area (Å²) in [7, 11) is 0. The van der Waals surface area contributed by atoms with E-state index < -0.39 is 0 Å². The lowest BCUT2D eigenvalue weighted by Gasteiger charge is -2.32. The molecule has 5 rings (SSSR count). The maximum atomic E-state index is 12.8. The lowest BCUT2D eigenvalue weighted by Crippen LogP contribution is -2.31. The number of hydrogen-bond donors (Lipinski definition) is 1. The predicted octanol–water partition coefficient (Wildman–Crippen LogP) is 5.25. The topological polar surface area (TPSA) is 59.8 Å². The zero-order valence-corrected chi connectivity index (χ0v) is 17.2. The van der Waals surface area contributed by atoms with Gasteiger partial charge in [-0.3, -0.25) is 4.79 Å². The van der Waals surface area contributed by atoms with Crippen molar-refractivity contribution in [2.45, 2.75) is 36.2 Å². The molecule has 2 aromatic carbocycles. The van der Waals surface area contributed by atoms with Gasteiger partial charge < -0.3 is 5.32 Å². The van der Waals surface area contributed by atoms with E-state index in [0.29, 0.717) is 22.5 Å². The number of allylic oxidation sites excluding steroid dienone is 2. The first-order chi connectivity index (χ1) is 14.2. The van der Waals surface area contributed by atoms with Crippen LogP contribution in [0, 0.1) is 0 Å². The van der Waals surface area contributed by atoms with Crippen LogP contribution in [0.15, 0.2) is 71.0 Å². The molecule has 1 N–H and O–H groups in total. The van der Waals surface area contributed by atoms with Crippen molar-refractivity contribution in [2.75, 3.05) is 5.32 Å². The average molecular weight is 423 g/mol. The monoisotopic (exact) mass is 422 g/mol. The minimum absolute atomic E-state index is 0.170. The number of nitrogens with one attached hydrogen (secondary N) is 1. The molecule has 1 aromatic heterocycles. The number of anilines is 1. The lowest BCUT2D eigenvalue weighted by molar-refractivity contribution is -0.116. The number of carbonyl (C=O) groups is 1. The number of hydrogen-bond acceptors (Lipinski definition) is 5. The summed E-state index contributed by atoms with van der Waals surface area (Å²) in [6.07, 6.45) is 2.27. The number of rotatable bonds is 4. The van der Waals surface area contributed by atoms with E-state index in [4.69, 9.17) is 21.7 Å². The Morgan fingerprint density at radius 1 is 1.14 bits per heavy atom. The molecule has 1 aliphatic carbocycles. The number of benzene rings is 2. The molecule has 0 spiro atoms. The Hall–Kier alpha value is -2.57. The van der Waals surface area contributed by atoms with Gasteiger partial charge in [0.25, 0.3) is 0 Å². The smallest absolute Gasteiger partial charge is 0.227 e. The van der Waals surface area contributed by atoms with E-state index in [1.165, 1.54) is 5.56 Å². The SMILES string of the molecule is O=C1CCCC2=C1[C@H](c1cccc(Cl)c1)n1nc(SCc3ccccc3)nc1N2.